The van der Waals surface area contributed by atoms with Crippen LogP contribution in [0.2, 0.25) is 0 Å². The zero-order chi connectivity index (χ0) is 31.3. The number of benzene rings is 7. The van der Waals surface area contributed by atoms with Gasteiger partial charge in [-0.3, -0.25) is 0 Å². The van der Waals surface area contributed by atoms with Crippen LogP contribution in [0.4, 0.5) is 0 Å². The highest BCUT2D eigenvalue weighted by atomic mass is 16.3. The molecule has 0 radical (unpaired) electrons. The summed E-state index contributed by atoms with van der Waals surface area (Å²) >= 11 is 0. The highest BCUT2D eigenvalue weighted by molar-refractivity contribution is 6.24. The molecule has 0 aliphatic heterocycles. The molecule has 0 saturated carbocycles. The molecule has 0 saturated heterocycles. The Balaban J connectivity index is 1.16. The third kappa shape index (κ3) is 3.53. The quantitative estimate of drug-likeness (QED) is 0.198. The molecule has 3 aromatic heterocycles. The van der Waals surface area contributed by atoms with Crippen LogP contribution in [-0.4, -0.2) is 15.0 Å². The Hall–Kier alpha value is -6.59. The standard InChI is InChI=1S/C43H23N3O2/c1-2-9-25(10-3-1)41-44-42(26-19-20-28-27-13-4-5-17-34(27)47-36(28)23-26)46-43(45-41)33-16-8-18-35-38(33)32-22-21-30-29-14-6-11-24-12-7-15-31(37(24)29)39(30)40(32)48-35/h1-23H. The highest BCUT2D eigenvalue weighted by Crippen LogP contribution is 2.52. The molecular formula is C43H23N3O2. The molecule has 3 heterocycles. The molecule has 11 rings (SSSR count). The lowest BCUT2D eigenvalue weighted by molar-refractivity contribution is 0.669. The SMILES string of the molecule is c1ccc(-c2nc(-c3ccc4c(c3)oc3ccccc34)nc(-c3cccc4oc5c6c(ccc5c34)-c3cccc4cccc-6c34)n2)cc1. The molecule has 1 aliphatic rings. The van der Waals surface area contributed by atoms with E-state index in [2.05, 4.69) is 72.8 Å². The smallest absolute Gasteiger partial charge is 0.164 e. The Morgan fingerprint density at radius 3 is 1.96 bits per heavy atom. The number of nitrogens with zero attached hydrogens (tertiary/aromatic N) is 3. The van der Waals surface area contributed by atoms with Crippen LogP contribution in [0.15, 0.2) is 148 Å². The molecule has 0 fully saturated rings. The monoisotopic (exact) mass is 613 g/mol. The summed E-state index contributed by atoms with van der Waals surface area (Å²) in [5.41, 5.74) is 10.8. The maximum absolute atomic E-state index is 6.74. The molecule has 5 heteroatoms. The van der Waals surface area contributed by atoms with E-state index in [1.807, 2.05) is 66.7 Å². The van der Waals surface area contributed by atoms with Crippen molar-refractivity contribution in [3.8, 4) is 56.4 Å². The molecular weight excluding hydrogens is 590 g/mol. The Morgan fingerprint density at radius 1 is 0.375 bits per heavy atom. The van der Waals surface area contributed by atoms with E-state index in [9.17, 15) is 0 Å². The fourth-order valence-corrected chi connectivity index (χ4v) is 7.55. The molecule has 48 heavy (non-hydrogen) atoms. The molecule has 0 N–H and O–H groups in total. The Labute approximate surface area is 273 Å². The van der Waals surface area contributed by atoms with Crippen molar-refractivity contribution in [2.45, 2.75) is 0 Å². The molecule has 222 valence electrons. The second-order valence-corrected chi connectivity index (χ2v) is 12.3. The molecule has 0 atom stereocenters. The zero-order valence-corrected chi connectivity index (χ0v) is 25.4. The normalized spacial score (nSPS) is 12.2. The van der Waals surface area contributed by atoms with Crippen LogP contribution in [0.5, 0.6) is 0 Å². The van der Waals surface area contributed by atoms with Crippen molar-refractivity contribution in [3.63, 3.8) is 0 Å². The summed E-state index contributed by atoms with van der Waals surface area (Å²) in [5.74, 6) is 1.77. The molecule has 0 bridgehead atoms. The van der Waals surface area contributed by atoms with Crippen molar-refractivity contribution in [3.05, 3.63) is 140 Å². The van der Waals surface area contributed by atoms with Crippen molar-refractivity contribution in [2.75, 3.05) is 0 Å². The van der Waals surface area contributed by atoms with E-state index < -0.39 is 0 Å². The Morgan fingerprint density at radius 2 is 1.06 bits per heavy atom. The minimum atomic E-state index is 0.578. The first-order chi connectivity index (χ1) is 23.8. The minimum absolute atomic E-state index is 0.578. The van der Waals surface area contributed by atoms with Gasteiger partial charge in [0.1, 0.15) is 22.3 Å². The minimum Gasteiger partial charge on any atom is -0.456 e. The van der Waals surface area contributed by atoms with E-state index in [-0.39, 0.29) is 0 Å². The van der Waals surface area contributed by atoms with Crippen LogP contribution in [0.3, 0.4) is 0 Å². The maximum atomic E-state index is 6.74. The molecule has 0 spiro atoms. The second kappa shape index (κ2) is 9.47. The highest BCUT2D eigenvalue weighted by Gasteiger charge is 2.27. The van der Waals surface area contributed by atoms with Crippen molar-refractivity contribution >= 4 is 54.6 Å². The summed E-state index contributed by atoms with van der Waals surface area (Å²) in [6, 6.07) is 47.9. The van der Waals surface area contributed by atoms with E-state index in [1.54, 1.807) is 0 Å². The van der Waals surface area contributed by atoms with Gasteiger partial charge in [-0.1, -0.05) is 109 Å². The van der Waals surface area contributed by atoms with Crippen LogP contribution >= 0.6 is 0 Å². The predicted molar refractivity (Wildman–Crippen MR) is 193 cm³/mol. The van der Waals surface area contributed by atoms with Crippen LogP contribution in [0.25, 0.3) is 111 Å². The van der Waals surface area contributed by atoms with Gasteiger partial charge < -0.3 is 8.83 Å². The summed E-state index contributed by atoms with van der Waals surface area (Å²) in [7, 11) is 0. The topological polar surface area (TPSA) is 65.0 Å². The van der Waals surface area contributed by atoms with Gasteiger partial charge in [-0.15, -0.1) is 0 Å². The third-order valence-corrected chi connectivity index (χ3v) is 9.67. The molecule has 0 amide bonds. The summed E-state index contributed by atoms with van der Waals surface area (Å²) in [6.07, 6.45) is 0. The van der Waals surface area contributed by atoms with Crippen molar-refractivity contribution in [2.24, 2.45) is 0 Å². The van der Waals surface area contributed by atoms with E-state index in [1.165, 1.54) is 27.5 Å². The van der Waals surface area contributed by atoms with E-state index in [0.29, 0.717) is 17.5 Å². The fourth-order valence-electron chi connectivity index (χ4n) is 7.55. The van der Waals surface area contributed by atoms with Gasteiger partial charge in [0.2, 0.25) is 0 Å². The first kappa shape index (κ1) is 25.6. The van der Waals surface area contributed by atoms with E-state index in [4.69, 9.17) is 23.8 Å². The maximum Gasteiger partial charge on any atom is 0.164 e. The van der Waals surface area contributed by atoms with Gasteiger partial charge >= 0.3 is 0 Å². The molecule has 1 aliphatic carbocycles. The molecule has 0 unspecified atom stereocenters. The fraction of sp³-hybridized carbons (Fsp3) is 0. The Kier molecular flexibility index (Phi) is 5.05. The first-order valence-electron chi connectivity index (χ1n) is 16.0. The lowest BCUT2D eigenvalue weighted by atomic mass is 9.99. The van der Waals surface area contributed by atoms with Crippen molar-refractivity contribution in [1.29, 1.82) is 0 Å². The predicted octanol–water partition coefficient (Wildman–Crippen LogP) is 11.5. The summed E-state index contributed by atoms with van der Waals surface area (Å²) in [5, 5.41) is 6.69. The summed E-state index contributed by atoms with van der Waals surface area (Å²) in [4.78, 5) is 15.2. The average Bonchev–Trinajstić information content (AvgIpc) is 3.82. The summed E-state index contributed by atoms with van der Waals surface area (Å²) in [6.45, 7) is 0. The van der Waals surface area contributed by atoms with E-state index in [0.717, 1.165) is 66.1 Å². The number of hydrogen-bond donors (Lipinski definition) is 0. The lowest BCUT2D eigenvalue weighted by Gasteiger charge is -2.09. The van der Waals surface area contributed by atoms with Crippen molar-refractivity contribution in [1.82, 2.24) is 15.0 Å². The van der Waals surface area contributed by atoms with Crippen LogP contribution in [0, 0.1) is 0 Å². The molecule has 10 aromatic rings. The molecule has 7 aromatic carbocycles. The second-order valence-electron chi connectivity index (χ2n) is 12.3. The van der Waals surface area contributed by atoms with Gasteiger partial charge in [0.15, 0.2) is 17.5 Å². The van der Waals surface area contributed by atoms with Gasteiger partial charge in [-0.25, -0.2) is 15.0 Å². The van der Waals surface area contributed by atoms with Gasteiger partial charge in [-0.05, 0) is 57.8 Å². The van der Waals surface area contributed by atoms with Crippen LogP contribution in [-0.2, 0) is 0 Å². The summed E-state index contributed by atoms with van der Waals surface area (Å²) < 4.78 is 13.0. The zero-order valence-electron chi connectivity index (χ0n) is 25.4. The number of fused-ring (bicyclic) bond motifs is 10. The van der Waals surface area contributed by atoms with Crippen molar-refractivity contribution < 1.29 is 8.83 Å². The van der Waals surface area contributed by atoms with Gasteiger partial charge in [0, 0.05) is 43.8 Å². The van der Waals surface area contributed by atoms with E-state index >= 15 is 0 Å². The first-order valence-corrected chi connectivity index (χ1v) is 16.0. The average molecular weight is 614 g/mol. The Bertz CT molecular complexity index is 2950. The van der Waals surface area contributed by atoms with Gasteiger partial charge in [-0.2, -0.15) is 0 Å². The van der Waals surface area contributed by atoms with Crippen LogP contribution < -0.4 is 0 Å². The molecule has 5 nitrogen and oxygen atoms in total. The van der Waals surface area contributed by atoms with Gasteiger partial charge in [0.05, 0.1) is 0 Å². The lowest BCUT2D eigenvalue weighted by Crippen LogP contribution is -2.00. The number of furan rings is 2. The van der Waals surface area contributed by atoms with Gasteiger partial charge in [0.25, 0.3) is 0 Å². The van der Waals surface area contributed by atoms with Crippen LogP contribution in [0.1, 0.15) is 0 Å². The largest absolute Gasteiger partial charge is 0.456 e. The number of para-hydroxylation sites is 1. The number of hydrogen-bond acceptors (Lipinski definition) is 5. The number of rotatable bonds is 3. The third-order valence-electron chi connectivity index (χ3n) is 9.67. The number of aromatic nitrogens is 3.